The molecule has 0 saturated heterocycles. The summed E-state index contributed by atoms with van der Waals surface area (Å²) in [5.41, 5.74) is 1.08. The van der Waals surface area contributed by atoms with Crippen LogP contribution in [-0.4, -0.2) is 34.0 Å². The van der Waals surface area contributed by atoms with E-state index in [0.29, 0.717) is 5.92 Å². The highest BCUT2D eigenvalue weighted by Gasteiger charge is 2.23. The summed E-state index contributed by atoms with van der Waals surface area (Å²) in [7, 11) is 1.91. The van der Waals surface area contributed by atoms with E-state index in [1.807, 2.05) is 42.7 Å². The maximum Gasteiger partial charge on any atom is 0.263 e. The van der Waals surface area contributed by atoms with Gasteiger partial charge in [0.15, 0.2) is 0 Å². The number of imidazole rings is 1. The fourth-order valence-electron chi connectivity index (χ4n) is 2.82. The average molecular weight is 289 g/mol. The number of aromatic nitrogens is 2. The highest BCUT2D eigenvalue weighted by molar-refractivity contribution is 7.12. The van der Waals surface area contributed by atoms with Gasteiger partial charge in [-0.25, -0.2) is 4.98 Å². The minimum absolute atomic E-state index is 0.147. The van der Waals surface area contributed by atoms with Gasteiger partial charge in [0.25, 0.3) is 5.91 Å². The van der Waals surface area contributed by atoms with Crippen molar-refractivity contribution in [1.29, 1.82) is 0 Å². The third kappa shape index (κ3) is 2.50. The van der Waals surface area contributed by atoms with Crippen molar-refractivity contribution in [3.05, 3.63) is 40.1 Å². The Morgan fingerprint density at radius 2 is 2.45 bits per heavy atom. The first-order chi connectivity index (χ1) is 9.65. The van der Waals surface area contributed by atoms with Crippen LogP contribution in [-0.2, 0) is 13.0 Å². The number of hydrogen-bond donors (Lipinski definition) is 0. The first-order valence-electron chi connectivity index (χ1n) is 6.94. The number of amides is 1. The van der Waals surface area contributed by atoms with Crippen molar-refractivity contribution in [3.8, 4) is 0 Å². The Hall–Kier alpha value is -1.62. The lowest BCUT2D eigenvalue weighted by molar-refractivity contribution is 0.0764. The van der Waals surface area contributed by atoms with Gasteiger partial charge in [0.05, 0.1) is 4.88 Å². The van der Waals surface area contributed by atoms with Gasteiger partial charge in [-0.2, -0.15) is 0 Å². The van der Waals surface area contributed by atoms with Crippen LogP contribution in [0.1, 0.15) is 27.5 Å². The van der Waals surface area contributed by atoms with Crippen LogP contribution in [0.3, 0.4) is 0 Å². The quantitative estimate of drug-likeness (QED) is 0.871. The Morgan fingerprint density at radius 1 is 1.60 bits per heavy atom. The van der Waals surface area contributed by atoms with Crippen LogP contribution < -0.4 is 0 Å². The van der Waals surface area contributed by atoms with Crippen LogP contribution in [0.5, 0.6) is 0 Å². The van der Waals surface area contributed by atoms with E-state index in [9.17, 15) is 4.79 Å². The normalized spacial score (nSPS) is 17.8. The summed E-state index contributed by atoms with van der Waals surface area (Å²) in [6.07, 6.45) is 6.02. The molecular formula is C15H19N3OS. The second kappa shape index (κ2) is 5.40. The number of aryl methyl sites for hydroxylation is 2. The molecule has 5 heteroatoms. The Morgan fingerprint density at radius 3 is 3.20 bits per heavy atom. The molecule has 2 aromatic rings. The fraction of sp³-hybridized carbons (Fsp3) is 0.467. The molecule has 1 atom stereocenters. The van der Waals surface area contributed by atoms with Gasteiger partial charge in [-0.1, -0.05) is 0 Å². The highest BCUT2D eigenvalue weighted by atomic mass is 32.1. The number of hydrogen-bond acceptors (Lipinski definition) is 3. The molecule has 1 aliphatic heterocycles. The van der Waals surface area contributed by atoms with Gasteiger partial charge < -0.3 is 9.47 Å². The molecule has 3 heterocycles. The Labute approximate surface area is 123 Å². The van der Waals surface area contributed by atoms with Gasteiger partial charge in [-0.15, -0.1) is 11.3 Å². The average Bonchev–Trinajstić information content (AvgIpc) is 3.05. The molecular weight excluding hydrogens is 270 g/mol. The van der Waals surface area contributed by atoms with E-state index in [1.165, 1.54) is 17.2 Å². The summed E-state index contributed by atoms with van der Waals surface area (Å²) in [5.74, 6) is 1.84. The van der Waals surface area contributed by atoms with E-state index in [-0.39, 0.29) is 5.91 Å². The second-order valence-electron chi connectivity index (χ2n) is 5.52. The Bertz CT molecular complexity index is 616. The number of rotatable bonds is 3. The zero-order valence-corrected chi connectivity index (χ0v) is 12.7. The molecule has 20 heavy (non-hydrogen) atoms. The van der Waals surface area contributed by atoms with Crippen LogP contribution in [0.25, 0.3) is 0 Å². The maximum atomic E-state index is 12.4. The van der Waals surface area contributed by atoms with E-state index in [2.05, 4.69) is 9.55 Å². The van der Waals surface area contributed by atoms with Crippen molar-refractivity contribution >= 4 is 17.2 Å². The van der Waals surface area contributed by atoms with Crippen LogP contribution >= 0.6 is 11.3 Å². The predicted molar refractivity (Wildman–Crippen MR) is 80.1 cm³/mol. The molecule has 0 saturated carbocycles. The zero-order chi connectivity index (χ0) is 14.1. The van der Waals surface area contributed by atoms with E-state index < -0.39 is 0 Å². The third-order valence-corrected chi connectivity index (χ3v) is 4.97. The molecule has 3 rings (SSSR count). The molecule has 0 unspecified atom stereocenters. The summed E-state index contributed by atoms with van der Waals surface area (Å²) in [4.78, 5) is 19.5. The Balaban J connectivity index is 1.64. The smallest absolute Gasteiger partial charge is 0.263 e. The topological polar surface area (TPSA) is 38.1 Å². The van der Waals surface area contributed by atoms with Gasteiger partial charge in [0.2, 0.25) is 0 Å². The van der Waals surface area contributed by atoms with E-state index in [4.69, 9.17) is 0 Å². The summed E-state index contributed by atoms with van der Waals surface area (Å²) >= 11 is 1.53. The lowest BCUT2D eigenvalue weighted by Crippen LogP contribution is -2.35. The van der Waals surface area contributed by atoms with Crippen molar-refractivity contribution in [3.63, 3.8) is 0 Å². The van der Waals surface area contributed by atoms with Gasteiger partial charge in [-0.3, -0.25) is 4.79 Å². The summed E-state index contributed by atoms with van der Waals surface area (Å²) in [6, 6.07) is 2.00. The Kier molecular flexibility index (Phi) is 3.61. The van der Waals surface area contributed by atoms with Crippen LogP contribution in [0.2, 0.25) is 0 Å². The lowest BCUT2D eigenvalue weighted by Gasteiger charge is -2.28. The number of thiophene rings is 1. The van der Waals surface area contributed by atoms with Gasteiger partial charge in [0, 0.05) is 39.0 Å². The molecule has 0 aromatic carbocycles. The van der Waals surface area contributed by atoms with Gasteiger partial charge >= 0.3 is 0 Å². The van der Waals surface area contributed by atoms with Gasteiger partial charge in [-0.05, 0) is 36.3 Å². The molecule has 0 radical (unpaired) electrons. The van der Waals surface area contributed by atoms with Crippen LogP contribution in [0, 0.1) is 12.8 Å². The largest absolute Gasteiger partial charge is 0.341 e. The van der Waals surface area contributed by atoms with Crippen molar-refractivity contribution in [1.82, 2.24) is 14.5 Å². The monoisotopic (exact) mass is 289 g/mol. The minimum Gasteiger partial charge on any atom is -0.341 e. The third-order valence-electron chi connectivity index (χ3n) is 3.97. The van der Waals surface area contributed by atoms with E-state index in [1.54, 1.807) is 0 Å². The second-order valence-corrected chi connectivity index (χ2v) is 6.44. The highest BCUT2D eigenvalue weighted by Crippen LogP contribution is 2.22. The SMILES string of the molecule is Cc1ccsc1C(=O)N(C)C[C@@H]1CCc2nccn2C1. The predicted octanol–water partition coefficient (Wildman–Crippen LogP) is 2.59. The van der Waals surface area contributed by atoms with Crippen molar-refractivity contribution < 1.29 is 4.79 Å². The minimum atomic E-state index is 0.147. The van der Waals surface area contributed by atoms with E-state index >= 15 is 0 Å². The molecule has 106 valence electrons. The molecule has 1 aliphatic rings. The summed E-state index contributed by atoms with van der Waals surface area (Å²) < 4.78 is 2.21. The van der Waals surface area contributed by atoms with Crippen LogP contribution in [0.4, 0.5) is 0 Å². The van der Waals surface area contributed by atoms with Crippen LogP contribution in [0.15, 0.2) is 23.8 Å². The zero-order valence-electron chi connectivity index (χ0n) is 11.9. The maximum absolute atomic E-state index is 12.4. The fourth-order valence-corrected chi connectivity index (χ4v) is 3.74. The van der Waals surface area contributed by atoms with Crippen molar-refractivity contribution in [2.24, 2.45) is 5.92 Å². The molecule has 0 N–H and O–H groups in total. The molecule has 2 aromatic heterocycles. The molecule has 0 fully saturated rings. The molecule has 0 spiro atoms. The lowest BCUT2D eigenvalue weighted by atomic mass is 9.99. The van der Waals surface area contributed by atoms with Gasteiger partial charge in [0.1, 0.15) is 5.82 Å². The first-order valence-corrected chi connectivity index (χ1v) is 7.82. The number of nitrogens with zero attached hydrogens (tertiary/aromatic N) is 3. The molecule has 0 bridgehead atoms. The van der Waals surface area contributed by atoms with Crippen molar-refractivity contribution in [2.75, 3.05) is 13.6 Å². The standard InChI is InChI=1S/C15H19N3OS/c1-11-5-8-20-14(11)15(19)17(2)9-12-3-4-13-16-6-7-18(13)10-12/h5-8,12H,3-4,9-10H2,1-2H3/t12-/m0/s1. The molecule has 0 aliphatic carbocycles. The number of carbonyl (C=O) groups is 1. The number of fused-ring (bicyclic) bond motifs is 1. The molecule has 1 amide bonds. The summed E-state index contributed by atoms with van der Waals surface area (Å²) in [5, 5.41) is 1.98. The number of carbonyl (C=O) groups excluding carboxylic acids is 1. The molecule has 4 nitrogen and oxygen atoms in total. The summed E-state index contributed by atoms with van der Waals surface area (Å²) in [6.45, 7) is 3.78. The first kappa shape index (κ1) is 13.4. The van der Waals surface area contributed by atoms with E-state index in [0.717, 1.165) is 36.4 Å². The van der Waals surface area contributed by atoms with Crippen molar-refractivity contribution in [2.45, 2.75) is 26.3 Å².